The van der Waals surface area contributed by atoms with Crippen molar-refractivity contribution in [1.29, 1.82) is 5.26 Å². The van der Waals surface area contributed by atoms with Crippen LogP contribution in [0.5, 0.6) is 0 Å². The molecule has 0 saturated carbocycles. The Kier molecular flexibility index (Phi) is 8.85. The van der Waals surface area contributed by atoms with E-state index in [1.807, 2.05) is 6.07 Å². The molecule has 2 atom stereocenters. The molecule has 2 aromatic heterocycles. The first kappa shape index (κ1) is 29.4. The van der Waals surface area contributed by atoms with E-state index >= 15 is 4.39 Å². The Hall–Kier alpha value is -4.54. The van der Waals surface area contributed by atoms with Crippen molar-refractivity contribution in [3.8, 4) is 16.6 Å². The van der Waals surface area contributed by atoms with Crippen LogP contribution < -0.4 is 0 Å². The summed E-state index contributed by atoms with van der Waals surface area (Å²) in [7, 11) is 0. The van der Waals surface area contributed by atoms with Crippen LogP contribution in [0.15, 0.2) is 55.1 Å². The maximum absolute atomic E-state index is 15.1. The molecule has 0 aliphatic heterocycles. The maximum atomic E-state index is 15.1. The van der Waals surface area contributed by atoms with Crippen molar-refractivity contribution in [3.05, 3.63) is 88.5 Å². The van der Waals surface area contributed by atoms with E-state index in [0.29, 0.717) is 27.9 Å². The number of carbonyl (C=O) groups excluding carboxylic acids is 2. The lowest BCUT2D eigenvalue weighted by Crippen LogP contribution is -2.55. The Bertz CT molecular complexity index is 1590. The fourth-order valence-corrected chi connectivity index (χ4v) is 5.40. The van der Waals surface area contributed by atoms with Crippen LogP contribution in [-0.4, -0.2) is 60.8 Å². The third kappa shape index (κ3) is 6.29. The third-order valence-electron chi connectivity index (χ3n) is 6.54. The molecular weight excluding hydrogens is 554 g/mol. The van der Waals surface area contributed by atoms with Crippen LogP contribution in [0.25, 0.3) is 10.6 Å². The summed E-state index contributed by atoms with van der Waals surface area (Å²) in [5.41, 5.74) is -0.983. The monoisotopic (exact) mass is 580 g/mol. The topological polar surface area (TPSA) is 134 Å². The standard InChI is InChI=1S/C28H26F2N6O4S/c1-4-40-24(37)13-36(27(38)25-17(2)34-26(41-25)20-7-5-19(12-31)6-8-20)18(3)28(39,14-35-16-32-15-33-35)22-10-9-21(29)11-23(22)30/h5-11,15-16,18,39H,4,13-14H2,1-3H3/t18-,28-/m1/s1. The molecule has 212 valence electrons. The quantitative estimate of drug-likeness (QED) is 0.280. The van der Waals surface area contributed by atoms with E-state index in [9.17, 15) is 19.1 Å². The first-order valence-electron chi connectivity index (χ1n) is 12.5. The summed E-state index contributed by atoms with van der Waals surface area (Å²) in [5.74, 6) is -3.29. The molecule has 2 aromatic carbocycles. The zero-order valence-electron chi connectivity index (χ0n) is 22.4. The number of hydrogen-bond donors (Lipinski definition) is 1. The lowest BCUT2D eigenvalue weighted by atomic mass is 9.85. The minimum Gasteiger partial charge on any atom is -0.465 e. The Morgan fingerprint density at radius 3 is 2.59 bits per heavy atom. The van der Waals surface area contributed by atoms with Gasteiger partial charge in [-0.15, -0.1) is 11.3 Å². The van der Waals surface area contributed by atoms with Gasteiger partial charge in [-0.05, 0) is 39.0 Å². The molecule has 0 aliphatic carbocycles. The van der Waals surface area contributed by atoms with E-state index < -0.39 is 41.7 Å². The molecule has 4 rings (SSSR count). The van der Waals surface area contributed by atoms with Crippen LogP contribution in [0.2, 0.25) is 0 Å². The molecule has 0 radical (unpaired) electrons. The predicted octanol–water partition coefficient (Wildman–Crippen LogP) is 3.84. The Labute approximate surface area is 238 Å². The molecule has 13 heteroatoms. The number of benzene rings is 2. The van der Waals surface area contributed by atoms with Gasteiger partial charge in [0.25, 0.3) is 5.91 Å². The predicted molar refractivity (Wildman–Crippen MR) is 144 cm³/mol. The first-order chi connectivity index (χ1) is 19.6. The molecular formula is C28H26F2N6O4S. The van der Waals surface area contributed by atoms with E-state index in [-0.39, 0.29) is 23.6 Å². The lowest BCUT2D eigenvalue weighted by Gasteiger charge is -2.40. The molecule has 10 nitrogen and oxygen atoms in total. The van der Waals surface area contributed by atoms with Crippen LogP contribution in [0, 0.1) is 29.9 Å². The van der Waals surface area contributed by atoms with Crippen molar-refractivity contribution in [2.75, 3.05) is 13.2 Å². The number of hydrogen-bond acceptors (Lipinski definition) is 9. The van der Waals surface area contributed by atoms with Gasteiger partial charge >= 0.3 is 5.97 Å². The normalized spacial score (nSPS) is 13.2. The second-order valence-electron chi connectivity index (χ2n) is 9.18. The summed E-state index contributed by atoms with van der Waals surface area (Å²) in [6.45, 7) is 3.80. The number of nitrogens with zero attached hydrogens (tertiary/aromatic N) is 6. The summed E-state index contributed by atoms with van der Waals surface area (Å²) < 4.78 is 35.3. The molecule has 0 spiro atoms. The molecule has 2 heterocycles. The van der Waals surface area contributed by atoms with E-state index in [1.165, 1.54) is 24.3 Å². The van der Waals surface area contributed by atoms with Gasteiger partial charge in [-0.2, -0.15) is 10.4 Å². The highest BCUT2D eigenvalue weighted by Crippen LogP contribution is 2.35. The first-order valence-corrected chi connectivity index (χ1v) is 13.3. The van der Waals surface area contributed by atoms with Gasteiger partial charge in [0.05, 0.1) is 36.5 Å². The number of amides is 1. The van der Waals surface area contributed by atoms with Gasteiger partial charge in [-0.25, -0.2) is 23.4 Å². The van der Waals surface area contributed by atoms with Crippen LogP contribution in [0.1, 0.15) is 40.3 Å². The molecule has 0 aliphatic rings. The average Bonchev–Trinajstić information content (AvgIpc) is 3.60. The molecule has 0 unspecified atom stereocenters. The van der Waals surface area contributed by atoms with Gasteiger partial charge in [0.15, 0.2) is 0 Å². The van der Waals surface area contributed by atoms with Gasteiger partial charge in [0.2, 0.25) is 0 Å². The van der Waals surface area contributed by atoms with Crippen molar-refractivity contribution >= 4 is 23.2 Å². The minimum atomic E-state index is -2.19. The van der Waals surface area contributed by atoms with Gasteiger partial charge in [0, 0.05) is 17.2 Å². The summed E-state index contributed by atoms with van der Waals surface area (Å²) in [4.78, 5) is 36.4. The van der Waals surface area contributed by atoms with Crippen LogP contribution in [0.3, 0.4) is 0 Å². The zero-order valence-corrected chi connectivity index (χ0v) is 23.2. The highest BCUT2D eigenvalue weighted by Gasteiger charge is 2.45. The second-order valence-corrected chi connectivity index (χ2v) is 10.2. The fourth-order valence-electron chi connectivity index (χ4n) is 4.37. The van der Waals surface area contributed by atoms with Crippen molar-refractivity contribution in [2.45, 2.75) is 39.0 Å². The Balaban J connectivity index is 1.79. The Morgan fingerprint density at radius 2 is 1.98 bits per heavy atom. The number of rotatable bonds is 10. The van der Waals surface area contributed by atoms with Crippen molar-refractivity contribution in [2.24, 2.45) is 0 Å². The number of halogens is 2. The third-order valence-corrected chi connectivity index (χ3v) is 7.74. The van der Waals surface area contributed by atoms with Gasteiger partial charge < -0.3 is 14.7 Å². The number of carbonyl (C=O) groups is 2. The number of aryl methyl sites for hydroxylation is 1. The van der Waals surface area contributed by atoms with E-state index in [1.54, 1.807) is 38.1 Å². The number of aliphatic hydroxyl groups is 1. The summed E-state index contributed by atoms with van der Waals surface area (Å²) in [5, 5.41) is 25.7. The highest BCUT2D eigenvalue weighted by atomic mass is 32.1. The van der Waals surface area contributed by atoms with Crippen molar-refractivity contribution in [1.82, 2.24) is 24.6 Å². The number of esters is 1. The molecule has 41 heavy (non-hydrogen) atoms. The zero-order chi connectivity index (χ0) is 29.7. The second kappa shape index (κ2) is 12.3. The maximum Gasteiger partial charge on any atom is 0.325 e. The highest BCUT2D eigenvalue weighted by molar-refractivity contribution is 7.17. The number of ether oxygens (including phenoxy) is 1. The van der Waals surface area contributed by atoms with Gasteiger partial charge in [-0.3, -0.25) is 9.59 Å². The average molecular weight is 581 g/mol. The fraction of sp³-hybridized carbons (Fsp3) is 0.286. The Morgan fingerprint density at radius 1 is 1.24 bits per heavy atom. The molecule has 4 aromatic rings. The lowest BCUT2D eigenvalue weighted by molar-refractivity contribution is -0.146. The summed E-state index contributed by atoms with van der Waals surface area (Å²) >= 11 is 1.07. The van der Waals surface area contributed by atoms with E-state index in [4.69, 9.17) is 10.00 Å². The number of thiazole rings is 1. The molecule has 1 N–H and O–H groups in total. The van der Waals surface area contributed by atoms with Gasteiger partial charge in [0.1, 0.15) is 46.3 Å². The molecule has 0 fully saturated rings. The molecule has 0 saturated heterocycles. The summed E-state index contributed by atoms with van der Waals surface area (Å²) in [6, 6.07) is 10.2. The molecule has 0 bridgehead atoms. The molecule has 1 amide bonds. The van der Waals surface area contributed by atoms with E-state index in [2.05, 4.69) is 15.1 Å². The SMILES string of the molecule is CCOC(=O)CN(C(=O)c1sc(-c2ccc(C#N)cc2)nc1C)[C@H](C)[C@](O)(Cn1cncn1)c1ccc(F)cc1F. The minimum absolute atomic E-state index is 0.0491. The smallest absolute Gasteiger partial charge is 0.325 e. The van der Waals surface area contributed by atoms with Crippen LogP contribution in [-0.2, 0) is 21.7 Å². The van der Waals surface area contributed by atoms with Crippen molar-refractivity contribution < 1.29 is 28.2 Å². The van der Waals surface area contributed by atoms with Gasteiger partial charge in [-0.1, -0.05) is 18.2 Å². The largest absolute Gasteiger partial charge is 0.465 e. The number of nitriles is 1. The van der Waals surface area contributed by atoms with Crippen LogP contribution >= 0.6 is 11.3 Å². The van der Waals surface area contributed by atoms with Crippen LogP contribution in [0.4, 0.5) is 8.78 Å². The summed E-state index contributed by atoms with van der Waals surface area (Å²) in [6.07, 6.45) is 2.52. The van der Waals surface area contributed by atoms with E-state index in [0.717, 1.165) is 28.4 Å². The number of aromatic nitrogens is 4. The van der Waals surface area contributed by atoms with Crippen molar-refractivity contribution in [3.63, 3.8) is 0 Å².